The highest BCUT2D eigenvalue weighted by Gasteiger charge is 2.21. The highest BCUT2D eigenvalue weighted by atomic mass is 15.3. The van der Waals surface area contributed by atoms with Crippen LogP contribution in [0.25, 0.3) is 0 Å². The summed E-state index contributed by atoms with van der Waals surface area (Å²) in [5, 5.41) is 3.56. The summed E-state index contributed by atoms with van der Waals surface area (Å²) in [6, 6.07) is 10.8. The van der Waals surface area contributed by atoms with E-state index in [9.17, 15) is 0 Å². The Kier molecular flexibility index (Phi) is 4.63. The van der Waals surface area contributed by atoms with Gasteiger partial charge in [-0.05, 0) is 37.3 Å². The summed E-state index contributed by atoms with van der Waals surface area (Å²) in [7, 11) is 2.13. The summed E-state index contributed by atoms with van der Waals surface area (Å²) in [5.74, 6) is 1.79. The van der Waals surface area contributed by atoms with Crippen molar-refractivity contribution >= 4 is 11.6 Å². The Morgan fingerprint density at radius 2 is 2.05 bits per heavy atom. The molecular weight excluding hydrogens is 260 g/mol. The zero-order chi connectivity index (χ0) is 14.5. The number of para-hydroxylation sites is 1. The van der Waals surface area contributed by atoms with Crippen LogP contribution in [0, 0.1) is 5.92 Å². The van der Waals surface area contributed by atoms with E-state index in [4.69, 9.17) is 0 Å². The Hall–Kier alpha value is -1.71. The van der Waals surface area contributed by atoms with Gasteiger partial charge in [-0.2, -0.15) is 0 Å². The van der Waals surface area contributed by atoms with Crippen molar-refractivity contribution in [3.05, 3.63) is 30.3 Å². The SMILES string of the molecule is CN1CCCN=C1NCC1CCCN(c2ccccc2)C1. The number of guanidine groups is 1. The van der Waals surface area contributed by atoms with Crippen LogP contribution in [0.4, 0.5) is 5.69 Å². The molecule has 0 saturated carbocycles. The Labute approximate surface area is 127 Å². The lowest BCUT2D eigenvalue weighted by atomic mass is 9.97. The minimum absolute atomic E-state index is 0.706. The molecule has 0 aromatic heterocycles. The molecule has 2 aliphatic heterocycles. The maximum absolute atomic E-state index is 4.59. The quantitative estimate of drug-likeness (QED) is 0.924. The van der Waals surface area contributed by atoms with Crippen LogP contribution in [0.15, 0.2) is 35.3 Å². The average molecular weight is 286 g/mol. The molecule has 1 N–H and O–H groups in total. The van der Waals surface area contributed by atoms with Gasteiger partial charge in [0.15, 0.2) is 5.96 Å². The molecule has 0 aliphatic carbocycles. The lowest BCUT2D eigenvalue weighted by molar-refractivity contribution is 0.392. The van der Waals surface area contributed by atoms with E-state index in [-0.39, 0.29) is 0 Å². The Morgan fingerprint density at radius 3 is 2.86 bits per heavy atom. The molecule has 2 heterocycles. The topological polar surface area (TPSA) is 30.9 Å². The number of nitrogens with zero attached hydrogens (tertiary/aromatic N) is 3. The van der Waals surface area contributed by atoms with Gasteiger partial charge in [0.25, 0.3) is 0 Å². The highest BCUT2D eigenvalue weighted by molar-refractivity contribution is 5.80. The van der Waals surface area contributed by atoms with E-state index >= 15 is 0 Å². The predicted molar refractivity (Wildman–Crippen MR) is 88.9 cm³/mol. The van der Waals surface area contributed by atoms with Crippen LogP contribution < -0.4 is 10.2 Å². The van der Waals surface area contributed by atoms with Crippen LogP contribution in [-0.2, 0) is 0 Å². The van der Waals surface area contributed by atoms with Gasteiger partial charge in [0.05, 0.1) is 0 Å². The number of anilines is 1. The third-order valence-electron chi connectivity index (χ3n) is 4.46. The second-order valence-corrected chi connectivity index (χ2v) is 6.15. The third kappa shape index (κ3) is 3.69. The normalized spacial score (nSPS) is 22.9. The Balaban J connectivity index is 1.53. The van der Waals surface area contributed by atoms with Gasteiger partial charge in [0.1, 0.15) is 0 Å². The predicted octanol–water partition coefficient (Wildman–Crippen LogP) is 2.18. The number of aliphatic imine (C=N–C) groups is 1. The van der Waals surface area contributed by atoms with Gasteiger partial charge in [-0.15, -0.1) is 0 Å². The summed E-state index contributed by atoms with van der Waals surface area (Å²) >= 11 is 0. The first-order valence-electron chi connectivity index (χ1n) is 8.12. The van der Waals surface area contributed by atoms with E-state index in [0.29, 0.717) is 5.92 Å². The van der Waals surface area contributed by atoms with Crippen molar-refractivity contribution in [2.24, 2.45) is 10.9 Å². The van der Waals surface area contributed by atoms with E-state index in [2.05, 4.69) is 57.5 Å². The number of piperidine rings is 1. The Bertz CT molecular complexity index is 471. The maximum atomic E-state index is 4.59. The monoisotopic (exact) mass is 286 g/mol. The molecule has 1 fully saturated rings. The first kappa shape index (κ1) is 14.2. The van der Waals surface area contributed by atoms with E-state index in [1.165, 1.54) is 31.5 Å². The maximum Gasteiger partial charge on any atom is 0.193 e. The fraction of sp³-hybridized carbons (Fsp3) is 0.588. The van der Waals surface area contributed by atoms with Crippen LogP contribution in [-0.4, -0.2) is 50.6 Å². The highest BCUT2D eigenvalue weighted by Crippen LogP contribution is 2.22. The van der Waals surface area contributed by atoms with Gasteiger partial charge in [0.2, 0.25) is 0 Å². The fourth-order valence-corrected chi connectivity index (χ4v) is 3.25. The second kappa shape index (κ2) is 6.83. The molecule has 1 saturated heterocycles. The van der Waals surface area contributed by atoms with E-state index in [1.807, 2.05) is 0 Å². The summed E-state index contributed by atoms with van der Waals surface area (Å²) < 4.78 is 0. The largest absolute Gasteiger partial charge is 0.371 e. The van der Waals surface area contributed by atoms with Crippen LogP contribution in [0.5, 0.6) is 0 Å². The average Bonchev–Trinajstić information content (AvgIpc) is 2.55. The lowest BCUT2D eigenvalue weighted by Crippen LogP contribution is -2.46. The van der Waals surface area contributed by atoms with Crippen LogP contribution >= 0.6 is 0 Å². The fourth-order valence-electron chi connectivity index (χ4n) is 3.25. The molecule has 0 spiro atoms. The number of nitrogens with one attached hydrogen (secondary N) is 1. The molecule has 1 aromatic rings. The van der Waals surface area contributed by atoms with Crippen molar-refractivity contribution in [3.8, 4) is 0 Å². The summed E-state index contributed by atoms with van der Waals surface area (Å²) in [5.41, 5.74) is 1.36. The molecule has 1 aromatic carbocycles. The summed E-state index contributed by atoms with van der Waals surface area (Å²) in [6.45, 7) is 5.45. The molecule has 4 nitrogen and oxygen atoms in total. The molecular formula is C17H26N4. The minimum atomic E-state index is 0.706. The van der Waals surface area contributed by atoms with Gasteiger partial charge < -0.3 is 15.1 Å². The zero-order valence-electron chi connectivity index (χ0n) is 13.0. The Morgan fingerprint density at radius 1 is 1.19 bits per heavy atom. The van der Waals surface area contributed by atoms with Crippen LogP contribution in [0.2, 0.25) is 0 Å². The molecule has 0 amide bonds. The first-order valence-corrected chi connectivity index (χ1v) is 8.12. The molecule has 21 heavy (non-hydrogen) atoms. The molecule has 2 aliphatic rings. The van der Waals surface area contributed by atoms with Crippen molar-refractivity contribution in [2.45, 2.75) is 19.3 Å². The number of hydrogen-bond acceptors (Lipinski definition) is 4. The van der Waals surface area contributed by atoms with Crippen molar-refractivity contribution in [2.75, 3.05) is 44.7 Å². The van der Waals surface area contributed by atoms with Crippen molar-refractivity contribution in [1.82, 2.24) is 10.2 Å². The molecule has 3 rings (SSSR count). The lowest BCUT2D eigenvalue weighted by Gasteiger charge is -2.35. The molecule has 1 atom stereocenters. The molecule has 114 valence electrons. The molecule has 1 unspecified atom stereocenters. The van der Waals surface area contributed by atoms with Gasteiger partial charge in [-0.1, -0.05) is 18.2 Å². The molecule has 0 radical (unpaired) electrons. The van der Waals surface area contributed by atoms with Crippen LogP contribution in [0.3, 0.4) is 0 Å². The summed E-state index contributed by atoms with van der Waals surface area (Å²) in [4.78, 5) is 9.34. The number of rotatable bonds is 3. The second-order valence-electron chi connectivity index (χ2n) is 6.15. The number of benzene rings is 1. The van der Waals surface area contributed by atoms with E-state index in [0.717, 1.165) is 32.1 Å². The first-order chi connectivity index (χ1) is 10.3. The molecule has 4 heteroatoms. The van der Waals surface area contributed by atoms with Crippen LogP contribution in [0.1, 0.15) is 19.3 Å². The standard InChI is InChI=1S/C17H26N4/c1-20-11-6-10-18-17(20)19-13-15-7-5-12-21(14-15)16-8-3-2-4-9-16/h2-4,8-9,15H,5-7,10-14H2,1H3,(H,18,19). The van der Waals surface area contributed by atoms with Gasteiger partial charge in [-0.25, -0.2) is 0 Å². The van der Waals surface area contributed by atoms with Crippen molar-refractivity contribution in [3.63, 3.8) is 0 Å². The number of hydrogen-bond donors (Lipinski definition) is 1. The minimum Gasteiger partial charge on any atom is -0.371 e. The van der Waals surface area contributed by atoms with E-state index in [1.54, 1.807) is 0 Å². The van der Waals surface area contributed by atoms with Gasteiger partial charge in [-0.3, -0.25) is 4.99 Å². The molecule has 0 bridgehead atoms. The third-order valence-corrected chi connectivity index (χ3v) is 4.46. The van der Waals surface area contributed by atoms with Gasteiger partial charge in [0, 0.05) is 45.5 Å². The van der Waals surface area contributed by atoms with Gasteiger partial charge >= 0.3 is 0 Å². The smallest absolute Gasteiger partial charge is 0.193 e. The van der Waals surface area contributed by atoms with Crippen molar-refractivity contribution in [1.29, 1.82) is 0 Å². The zero-order valence-corrected chi connectivity index (χ0v) is 13.0. The van der Waals surface area contributed by atoms with Crippen molar-refractivity contribution < 1.29 is 0 Å². The van der Waals surface area contributed by atoms with E-state index < -0.39 is 0 Å². The summed E-state index contributed by atoms with van der Waals surface area (Å²) in [6.07, 6.45) is 3.77.